The standard InChI is InChI=1S/C9H18F3NO/c1-4-7(2)8(13-3)5-14-6-9(10,11)12/h7-8,13H,4-6H2,1-3H3. The summed E-state index contributed by atoms with van der Waals surface area (Å²) in [5.74, 6) is 0.313. The van der Waals surface area contributed by atoms with E-state index in [2.05, 4.69) is 10.1 Å². The van der Waals surface area contributed by atoms with Crippen LogP contribution >= 0.6 is 0 Å². The van der Waals surface area contributed by atoms with E-state index in [1.165, 1.54) is 0 Å². The number of alkyl halides is 3. The van der Waals surface area contributed by atoms with Crippen LogP contribution in [0.1, 0.15) is 20.3 Å². The Morgan fingerprint density at radius 2 is 1.93 bits per heavy atom. The van der Waals surface area contributed by atoms with Gasteiger partial charge in [-0.05, 0) is 13.0 Å². The van der Waals surface area contributed by atoms with Crippen LogP contribution in [0.4, 0.5) is 13.2 Å². The molecule has 2 atom stereocenters. The molecule has 0 amide bonds. The zero-order valence-corrected chi connectivity index (χ0v) is 8.82. The van der Waals surface area contributed by atoms with Crippen molar-refractivity contribution in [1.29, 1.82) is 0 Å². The van der Waals surface area contributed by atoms with Crippen molar-refractivity contribution in [2.75, 3.05) is 20.3 Å². The molecule has 5 heteroatoms. The molecule has 86 valence electrons. The molecule has 2 unspecified atom stereocenters. The minimum atomic E-state index is -4.23. The zero-order chi connectivity index (χ0) is 11.2. The third-order valence-electron chi connectivity index (χ3n) is 2.26. The first-order valence-electron chi connectivity index (χ1n) is 4.72. The highest BCUT2D eigenvalue weighted by Gasteiger charge is 2.28. The fourth-order valence-corrected chi connectivity index (χ4v) is 1.12. The van der Waals surface area contributed by atoms with Crippen molar-refractivity contribution in [3.63, 3.8) is 0 Å². The van der Waals surface area contributed by atoms with Gasteiger partial charge < -0.3 is 10.1 Å². The van der Waals surface area contributed by atoms with Crippen LogP contribution < -0.4 is 5.32 Å². The Morgan fingerprint density at radius 1 is 1.36 bits per heavy atom. The lowest BCUT2D eigenvalue weighted by molar-refractivity contribution is -0.175. The van der Waals surface area contributed by atoms with Crippen LogP contribution in [0.25, 0.3) is 0 Å². The molecule has 0 aromatic rings. The third kappa shape index (κ3) is 6.21. The normalized spacial score (nSPS) is 16.7. The van der Waals surface area contributed by atoms with Crippen molar-refractivity contribution in [2.45, 2.75) is 32.5 Å². The van der Waals surface area contributed by atoms with Gasteiger partial charge >= 0.3 is 6.18 Å². The van der Waals surface area contributed by atoms with Crippen LogP contribution in [0.5, 0.6) is 0 Å². The molecule has 0 radical (unpaired) electrons. The van der Waals surface area contributed by atoms with E-state index in [-0.39, 0.29) is 12.6 Å². The van der Waals surface area contributed by atoms with E-state index in [4.69, 9.17) is 0 Å². The molecule has 0 heterocycles. The van der Waals surface area contributed by atoms with Gasteiger partial charge in [-0.2, -0.15) is 13.2 Å². The van der Waals surface area contributed by atoms with Crippen LogP contribution in [0.15, 0.2) is 0 Å². The maximum Gasteiger partial charge on any atom is 0.411 e. The Morgan fingerprint density at radius 3 is 2.29 bits per heavy atom. The second-order valence-corrected chi connectivity index (χ2v) is 3.41. The number of hydrogen-bond donors (Lipinski definition) is 1. The largest absolute Gasteiger partial charge is 0.411 e. The third-order valence-corrected chi connectivity index (χ3v) is 2.26. The SMILES string of the molecule is CCC(C)C(COCC(F)(F)F)NC. The number of likely N-dealkylation sites (N-methyl/N-ethyl adjacent to an activating group) is 1. The molecule has 0 aliphatic heterocycles. The first-order chi connectivity index (χ1) is 6.40. The summed E-state index contributed by atoms with van der Waals surface area (Å²) in [5.41, 5.74) is 0. The molecule has 0 saturated carbocycles. The van der Waals surface area contributed by atoms with E-state index in [0.29, 0.717) is 5.92 Å². The summed E-state index contributed by atoms with van der Waals surface area (Å²) in [7, 11) is 1.73. The summed E-state index contributed by atoms with van der Waals surface area (Å²) in [6.07, 6.45) is -3.31. The quantitative estimate of drug-likeness (QED) is 0.730. The van der Waals surface area contributed by atoms with Gasteiger partial charge in [0.1, 0.15) is 6.61 Å². The first-order valence-corrected chi connectivity index (χ1v) is 4.72. The van der Waals surface area contributed by atoms with Crippen LogP contribution in [0.2, 0.25) is 0 Å². The van der Waals surface area contributed by atoms with Gasteiger partial charge in [-0.15, -0.1) is 0 Å². The zero-order valence-electron chi connectivity index (χ0n) is 8.82. The Balaban J connectivity index is 3.74. The minimum absolute atomic E-state index is 0.0117. The lowest BCUT2D eigenvalue weighted by Crippen LogP contribution is -2.37. The first kappa shape index (κ1) is 13.7. The Labute approximate surface area is 82.8 Å². The lowest BCUT2D eigenvalue weighted by atomic mass is 10.0. The molecule has 1 N–H and O–H groups in total. The smallest absolute Gasteiger partial charge is 0.370 e. The fourth-order valence-electron chi connectivity index (χ4n) is 1.12. The number of nitrogens with one attached hydrogen (secondary N) is 1. The summed E-state index contributed by atoms with van der Waals surface area (Å²) in [6.45, 7) is 2.92. The molecule has 0 saturated heterocycles. The number of rotatable bonds is 6. The van der Waals surface area contributed by atoms with Gasteiger partial charge in [-0.3, -0.25) is 0 Å². The number of ether oxygens (including phenoxy) is 1. The molecular formula is C9H18F3NO. The average molecular weight is 213 g/mol. The van der Waals surface area contributed by atoms with Crippen molar-refractivity contribution in [2.24, 2.45) is 5.92 Å². The molecule has 0 aliphatic rings. The van der Waals surface area contributed by atoms with Gasteiger partial charge in [0.15, 0.2) is 0 Å². The molecule has 0 spiro atoms. The Kier molecular flexibility index (Phi) is 6.11. The van der Waals surface area contributed by atoms with Gasteiger partial charge in [-0.25, -0.2) is 0 Å². The van der Waals surface area contributed by atoms with Crippen molar-refractivity contribution in [1.82, 2.24) is 5.32 Å². The van der Waals surface area contributed by atoms with Crippen molar-refractivity contribution in [3.8, 4) is 0 Å². The highest BCUT2D eigenvalue weighted by Crippen LogP contribution is 2.15. The van der Waals surface area contributed by atoms with E-state index in [1.54, 1.807) is 7.05 Å². The van der Waals surface area contributed by atoms with E-state index in [1.807, 2.05) is 13.8 Å². The van der Waals surface area contributed by atoms with E-state index < -0.39 is 12.8 Å². The minimum Gasteiger partial charge on any atom is -0.370 e. The summed E-state index contributed by atoms with van der Waals surface area (Å²) in [5, 5.41) is 2.95. The molecular weight excluding hydrogens is 195 g/mol. The maximum absolute atomic E-state index is 11.7. The topological polar surface area (TPSA) is 21.3 Å². The van der Waals surface area contributed by atoms with Crippen molar-refractivity contribution >= 4 is 0 Å². The molecule has 0 rings (SSSR count). The van der Waals surface area contributed by atoms with Gasteiger partial charge in [0, 0.05) is 6.04 Å². The predicted octanol–water partition coefficient (Wildman–Crippen LogP) is 2.20. The van der Waals surface area contributed by atoms with Crippen LogP contribution in [0.3, 0.4) is 0 Å². The predicted molar refractivity (Wildman–Crippen MR) is 49.2 cm³/mol. The monoisotopic (exact) mass is 213 g/mol. The highest BCUT2D eigenvalue weighted by atomic mass is 19.4. The fraction of sp³-hybridized carbons (Fsp3) is 1.00. The summed E-state index contributed by atoms with van der Waals surface area (Å²) in [4.78, 5) is 0. The molecule has 0 bridgehead atoms. The molecule has 0 aromatic carbocycles. The van der Waals surface area contributed by atoms with Gasteiger partial charge in [0.05, 0.1) is 6.61 Å². The van der Waals surface area contributed by atoms with Crippen molar-refractivity contribution in [3.05, 3.63) is 0 Å². The van der Waals surface area contributed by atoms with Crippen LogP contribution in [0, 0.1) is 5.92 Å². The van der Waals surface area contributed by atoms with Crippen molar-refractivity contribution < 1.29 is 17.9 Å². The molecule has 0 aromatic heterocycles. The van der Waals surface area contributed by atoms with Crippen LogP contribution in [-0.4, -0.2) is 32.5 Å². The molecule has 0 aliphatic carbocycles. The number of hydrogen-bond acceptors (Lipinski definition) is 2. The molecule has 0 fully saturated rings. The number of halogens is 3. The summed E-state index contributed by atoms with van der Waals surface area (Å²) < 4.78 is 39.8. The summed E-state index contributed by atoms with van der Waals surface area (Å²) >= 11 is 0. The Hall–Kier alpha value is -0.290. The van der Waals surface area contributed by atoms with Gasteiger partial charge in [0.25, 0.3) is 0 Å². The second kappa shape index (κ2) is 6.24. The lowest BCUT2D eigenvalue weighted by Gasteiger charge is -2.22. The maximum atomic E-state index is 11.7. The highest BCUT2D eigenvalue weighted by molar-refractivity contribution is 4.70. The summed E-state index contributed by atoms with van der Waals surface area (Å²) in [6, 6.07) is -0.0117. The second-order valence-electron chi connectivity index (χ2n) is 3.41. The van der Waals surface area contributed by atoms with E-state index in [9.17, 15) is 13.2 Å². The molecule has 14 heavy (non-hydrogen) atoms. The Bertz CT molecular complexity index is 149. The van der Waals surface area contributed by atoms with E-state index >= 15 is 0 Å². The van der Waals surface area contributed by atoms with E-state index in [0.717, 1.165) is 6.42 Å². The average Bonchev–Trinajstić information content (AvgIpc) is 2.09. The van der Waals surface area contributed by atoms with Gasteiger partial charge in [-0.1, -0.05) is 20.3 Å². The van der Waals surface area contributed by atoms with Crippen LogP contribution in [-0.2, 0) is 4.74 Å². The molecule has 2 nitrogen and oxygen atoms in total. The van der Waals surface area contributed by atoms with Gasteiger partial charge in [0.2, 0.25) is 0 Å².